The zero-order valence-electron chi connectivity index (χ0n) is 14.0. The highest BCUT2D eigenvalue weighted by molar-refractivity contribution is 5.84. The molecule has 1 aliphatic carbocycles. The minimum absolute atomic E-state index is 0.0493. The lowest BCUT2D eigenvalue weighted by Crippen LogP contribution is -2.30. The predicted molar refractivity (Wildman–Crippen MR) is 86.1 cm³/mol. The molecule has 0 aromatic heterocycles. The minimum Gasteiger partial charge on any atom is -0.461 e. The first-order valence-corrected chi connectivity index (χ1v) is 8.11. The first kappa shape index (κ1) is 16.7. The molecule has 3 nitrogen and oxygen atoms in total. The highest BCUT2D eigenvalue weighted by Crippen LogP contribution is 2.60. The molecule has 0 heterocycles. The smallest absolute Gasteiger partial charge is 0.309 e. The number of esters is 1. The summed E-state index contributed by atoms with van der Waals surface area (Å²) < 4.78 is 5.44. The van der Waals surface area contributed by atoms with Crippen LogP contribution in [0.25, 0.3) is 0 Å². The number of ketones is 1. The van der Waals surface area contributed by atoms with Gasteiger partial charge in [-0.25, -0.2) is 0 Å². The lowest BCUT2D eigenvalue weighted by Gasteiger charge is -2.27. The van der Waals surface area contributed by atoms with E-state index in [1.165, 1.54) is 0 Å². The molecule has 1 aromatic carbocycles. The van der Waals surface area contributed by atoms with Gasteiger partial charge in [0.1, 0.15) is 12.4 Å². The van der Waals surface area contributed by atoms with Crippen LogP contribution in [-0.2, 0) is 20.9 Å². The van der Waals surface area contributed by atoms with Gasteiger partial charge in [0.15, 0.2) is 0 Å². The second-order valence-electron chi connectivity index (χ2n) is 6.83. The van der Waals surface area contributed by atoms with Gasteiger partial charge in [0.25, 0.3) is 0 Å². The van der Waals surface area contributed by atoms with Gasteiger partial charge in [0.05, 0.1) is 5.92 Å². The van der Waals surface area contributed by atoms with E-state index in [-0.39, 0.29) is 29.0 Å². The molecule has 1 fully saturated rings. The van der Waals surface area contributed by atoms with Gasteiger partial charge in [-0.1, -0.05) is 57.5 Å². The third-order valence-corrected chi connectivity index (χ3v) is 5.15. The van der Waals surface area contributed by atoms with Crippen LogP contribution in [-0.4, -0.2) is 11.8 Å². The Morgan fingerprint density at radius 2 is 1.95 bits per heavy atom. The molecule has 0 bridgehead atoms. The quantitative estimate of drug-likeness (QED) is 0.715. The van der Waals surface area contributed by atoms with E-state index in [2.05, 4.69) is 20.8 Å². The van der Waals surface area contributed by atoms with Crippen molar-refractivity contribution >= 4 is 11.8 Å². The molecule has 0 aliphatic heterocycles. The standard InChI is InChI=1S/C19H26O3/c1-5-13(2)17(14(3)20)19(4)11-16(19)18(21)22-12-15-9-7-6-8-10-15/h6-10,13,16-17H,5,11-12H2,1-4H3. The highest BCUT2D eigenvalue weighted by Gasteiger charge is 2.61. The van der Waals surface area contributed by atoms with Gasteiger partial charge in [-0.3, -0.25) is 9.59 Å². The van der Waals surface area contributed by atoms with Crippen molar-refractivity contribution in [3.63, 3.8) is 0 Å². The maximum absolute atomic E-state index is 12.3. The summed E-state index contributed by atoms with van der Waals surface area (Å²) >= 11 is 0. The van der Waals surface area contributed by atoms with E-state index in [1.54, 1.807) is 6.92 Å². The third kappa shape index (κ3) is 3.40. The number of benzene rings is 1. The maximum Gasteiger partial charge on any atom is 0.309 e. The monoisotopic (exact) mass is 302 g/mol. The summed E-state index contributed by atoms with van der Waals surface area (Å²) in [4.78, 5) is 24.3. The second kappa shape index (κ2) is 6.64. The average Bonchev–Trinajstić information content (AvgIpc) is 3.17. The van der Waals surface area contributed by atoms with Crippen LogP contribution in [0.5, 0.6) is 0 Å². The molecule has 2 rings (SSSR count). The fourth-order valence-electron chi connectivity index (χ4n) is 3.66. The van der Waals surface area contributed by atoms with E-state index in [0.29, 0.717) is 12.5 Å². The molecule has 0 radical (unpaired) electrons. The average molecular weight is 302 g/mol. The maximum atomic E-state index is 12.3. The van der Waals surface area contributed by atoms with Crippen molar-refractivity contribution in [2.24, 2.45) is 23.2 Å². The Morgan fingerprint density at radius 1 is 1.32 bits per heavy atom. The summed E-state index contributed by atoms with van der Waals surface area (Å²) in [6, 6.07) is 9.68. The Labute approximate surface area is 133 Å². The summed E-state index contributed by atoms with van der Waals surface area (Å²) in [7, 11) is 0. The van der Waals surface area contributed by atoms with Crippen LogP contribution in [0.15, 0.2) is 30.3 Å². The molecular formula is C19H26O3. The fraction of sp³-hybridized carbons (Fsp3) is 0.579. The van der Waals surface area contributed by atoms with Crippen LogP contribution in [0, 0.1) is 23.2 Å². The fourth-order valence-corrected chi connectivity index (χ4v) is 3.66. The number of ether oxygens (including phenoxy) is 1. The molecule has 3 heteroatoms. The molecule has 4 atom stereocenters. The Bertz CT molecular complexity index is 537. The Hall–Kier alpha value is -1.64. The van der Waals surface area contributed by atoms with Crippen LogP contribution < -0.4 is 0 Å². The molecule has 1 aliphatic rings. The van der Waals surface area contributed by atoms with Crippen molar-refractivity contribution in [1.82, 2.24) is 0 Å². The van der Waals surface area contributed by atoms with Gasteiger partial charge in [-0.2, -0.15) is 0 Å². The lowest BCUT2D eigenvalue weighted by molar-refractivity contribution is -0.148. The first-order chi connectivity index (χ1) is 10.4. The van der Waals surface area contributed by atoms with Crippen molar-refractivity contribution in [3.05, 3.63) is 35.9 Å². The molecule has 0 saturated heterocycles. The number of hydrogen-bond donors (Lipinski definition) is 0. The van der Waals surface area contributed by atoms with Crippen LogP contribution >= 0.6 is 0 Å². The van der Waals surface area contributed by atoms with E-state index in [9.17, 15) is 9.59 Å². The van der Waals surface area contributed by atoms with Gasteiger partial charge < -0.3 is 4.74 Å². The highest BCUT2D eigenvalue weighted by atomic mass is 16.5. The van der Waals surface area contributed by atoms with Crippen molar-refractivity contribution < 1.29 is 14.3 Å². The van der Waals surface area contributed by atoms with Crippen LogP contribution in [0.1, 0.15) is 46.1 Å². The normalized spacial score (nSPS) is 26.1. The van der Waals surface area contributed by atoms with E-state index in [1.807, 2.05) is 30.3 Å². The van der Waals surface area contributed by atoms with Crippen molar-refractivity contribution in [1.29, 1.82) is 0 Å². The second-order valence-corrected chi connectivity index (χ2v) is 6.83. The topological polar surface area (TPSA) is 43.4 Å². The molecule has 0 amide bonds. The number of carbonyl (C=O) groups is 2. The molecule has 1 saturated carbocycles. The molecular weight excluding hydrogens is 276 g/mol. The summed E-state index contributed by atoms with van der Waals surface area (Å²) in [6.45, 7) is 8.20. The number of Topliss-reactive ketones (excluding diaryl/α,β-unsaturated/α-hetero) is 1. The molecule has 1 aromatic rings. The van der Waals surface area contributed by atoms with Crippen LogP contribution in [0.4, 0.5) is 0 Å². The van der Waals surface area contributed by atoms with Crippen molar-refractivity contribution in [2.75, 3.05) is 0 Å². The Morgan fingerprint density at radius 3 is 2.50 bits per heavy atom. The largest absolute Gasteiger partial charge is 0.461 e. The Balaban J connectivity index is 1.97. The molecule has 0 spiro atoms. The van der Waals surface area contributed by atoms with Crippen molar-refractivity contribution in [3.8, 4) is 0 Å². The molecule has 22 heavy (non-hydrogen) atoms. The molecule has 120 valence electrons. The number of rotatable bonds is 7. The molecule has 4 unspecified atom stereocenters. The van der Waals surface area contributed by atoms with E-state index in [0.717, 1.165) is 18.4 Å². The summed E-state index contributed by atoms with van der Waals surface area (Å²) in [5, 5.41) is 0. The van der Waals surface area contributed by atoms with E-state index in [4.69, 9.17) is 4.74 Å². The minimum atomic E-state index is -0.227. The summed E-state index contributed by atoms with van der Waals surface area (Å²) in [5.74, 6) is 0.136. The zero-order valence-corrected chi connectivity index (χ0v) is 14.0. The van der Waals surface area contributed by atoms with E-state index < -0.39 is 0 Å². The van der Waals surface area contributed by atoms with Crippen molar-refractivity contribution in [2.45, 2.75) is 47.1 Å². The zero-order chi connectivity index (χ0) is 16.3. The SMILES string of the molecule is CCC(C)C(C(C)=O)C1(C)CC1C(=O)OCc1ccccc1. The lowest BCUT2D eigenvalue weighted by atomic mass is 9.76. The molecule has 0 N–H and O–H groups in total. The van der Waals surface area contributed by atoms with Gasteiger partial charge >= 0.3 is 5.97 Å². The van der Waals surface area contributed by atoms with Gasteiger partial charge in [-0.15, -0.1) is 0 Å². The van der Waals surface area contributed by atoms with Crippen LogP contribution in [0.3, 0.4) is 0 Å². The third-order valence-electron chi connectivity index (χ3n) is 5.15. The summed E-state index contributed by atoms with van der Waals surface area (Å²) in [6.07, 6.45) is 1.71. The van der Waals surface area contributed by atoms with E-state index >= 15 is 0 Å². The van der Waals surface area contributed by atoms with Gasteiger partial charge in [0, 0.05) is 5.92 Å². The summed E-state index contributed by atoms with van der Waals surface area (Å²) in [5.41, 5.74) is 0.762. The first-order valence-electron chi connectivity index (χ1n) is 8.11. The number of hydrogen-bond acceptors (Lipinski definition) is 3. The van der Waals surface area contributed by atoms with Crippen LogP contribution in [0.2, 0.25) is 0 Å². The number of carbonyl (C=O) groups excluding carboxylic acids is 2. The Kier molecular flexibility index (Phi) is 5.05. The van der Waals surface area contributed by atoms with Gasteiger partial charge in [-0.05, 0) is 30.2 Å². The predicted octanol–water partition coefficient (Wildman–Crippen LogP) is 4.01. The van der Waals surface area contributed by atoms with Gasteiger partial charge in [0.2, 0.25) is 0 Å².